The summed E-state index contributed by atoms with van der Waals surface area (Å²) in [5, 5.41) is 0. The van der Waals surface area contributed by atoms with E-state index in [9.17, 15) is 9.18 Å². The van der Waals surface area contributed by atoms with Gasteiger partial charge in [0, 0.05) is 50.2 Å². The summed E-state index contributed by atoms with van der Waals surface area (Å²) in [6, 6.07) is 11.9. The Morgan fingerprint density at radius 3 is 2.68 bits per heavy atom. The van der Waals surface area contributed by atoms with Gasteiger partial charge in [0.15, 0.2) is 0 Å². The summed E-state index contributed by atoms with van der Waals surface area (Å²) in [6.45, 7) is 6.88. The molecule has 34 heavy (non-hydrogen) atoms. The average Bonchev–Trinajstić information content (AvgIpc) is 3.15. The number of aryl methyl sites for hydroxylation is 1. The van der Waals surface area contributed by atoms with Crippen LogP contribution in [0.15, 0.2) is 36.4 Å². The molecule has 2 aromatic carbocycles. The number of carbonyl (C=O) groups excluding carboxylic acids is 1. The second-order valence-electron chi connectivity index (χ2n) is 10.1. The molecular weight excluding hydrogens is 429 g/mol. The Morgan fingerprint density at radius 1 is 1.03 bits per heavy atom. The first-order valence-electron chi connectivity index (χ1n) is 12.8. The van der Waals surface area contributed by atoms with E-state index in [1.165, 1.54) is 0 Å². The number of unbranched alkanes of at least 4 members (excludes halogenated alkanes) is 1. The molecule has 2 aromatic rings. The molecule has 0 saturated carbocycles. The number of hydrogen-bond donors (Lipinski definition) is 0. The first kappa shape index (κ1) is 23.2. The number of ether oxygens (including phenoxy) is 1. The summed E-state index contributed by atoms with van der Waals surface area (Å²) < 4.78 is 20.1. The molecule has 3 aliphatic rings. The quantitative estimate of drug-likeness (QED) is 0.524. The molecule has 0 aliphatic carbocycles. The maximum absolute atomic E-state index is 14.3. The zero-order valence-corrected chi connectivity index (χ0v) is 20.4. The lowest BCUT2D eigenvalue weighted by atomic mass is 9.88. The third-order valence-electron chi connectivity index (χ3n) is 7.81. The Bertz CT molecular complexity index is 1040. The lowest BCUT2D eigenvalue weighted by Gasteiger charge is -2.39. The minimum absolute atomic E-state index is 0.168. The van der Waals surface area contributed by atoms with Crippen molar-refractivity contribution in [2.45, 2.75) is 57.4 Å². The van der Waals surface area contributed by atoms with Crippen LogP contribution in [0.1, 0.15) is 55.6 Å². The van der Waals surface area contributed by atoms with Gasteiger partial charge in [-0.2, -0.15) is 0 Å². The molecule has 2 fully saturated rings. The van der Waals surface area contributed by atoms with Crippen LogP contribution in [0, 0.1) is 12.7 Å². The minimum atomic E-state index is -0.168. The van der Waals surface area contributed by atoms with E-state index in [4.69, 9.17) is 4.74 Å². The number of carbonyl (C=O) groups is 1. The van der Waals surface area contributed by atoms with Crippen molar-refractivity contribution in [3.63, 3.8) is 0 Å². The molecule has 1 amide bonds. The van der Waals surface area contributed by atoms with Gasteiger partial charge < -0.3 is 19.4 Å². The first-order chi connectivity index (χ1) is 16.5. The van der Waals surface area contributed by atoms with Crippen LogP contribution in [0.4, 0.5) is 15.8 Å². The second kappa shape index (κ2) is 9.95. The molecule has 182 valence electrons. The molecule has 2 unspecified atom stereocenters. The lowest BCUT2D eigenvalue weighted by Crippen LogP contribution is -2.45. The van der Waals surface area contributed by atoms with Crippen molar-refractivity contribution in [2.24, 2.45) is 0 Å². The topological polar surface area (TPSA) is 36.0 Å². The highest BCUT2D eigenvalue weighted by Crippen LogP contribution is 2.50. The van der Waals surface area contributed by atoms with Crippen LogP contribution in [0.3, 0.4) is 0 Å². The summed E-state index contributed by atoms with van der Waals surface area (Å²) >= 11 is 0. The van der Waals surface area contributed by atoms with Crippen molar-refractivity contribution in [3.8, 4) is 5.75 Å². The van der Waals surface area contributed by atoms with Crippen LogP contribution < -0.4 is 9.64 Å². The SMILES string of the molecule is COc1cc(C)ccc1N1c2ccc(F)cc2C2CN(CCCCN3CCCCC3=O)CCC21. The molecule has 2 atom stereocenters. The van der Waals surface area contributed by atoms with Gasteiger partial charge in [0.1, 0.15) is 11.6 Å². The Kier molecular flexibility index (Phi) is 6.77. The minimum Gasteiger partial charge on any atom is -0.495 e. The number of nitrogens with zero attached hydrogens (tertiary/aromatic N) is 3. The van der Waals surface area contributed by atoms with E-state index >= 15 is 0 Å². The van der Waals surface area contributed by atoms with Gasteiger partial charge in [0.2, 0.25) is 5.91 Å². The summed E-state index contributed by atoms with van der Waals surface area (Å²) in [5.41, 5.74) is 4.44. The fraction of sp³-hybridized carbons (Fsp3) is 0.536. The van der Waals surface area contributed by atoms with Gasteiger partial charge >= 0.3 is 0 Å². The number of halogens is 1. The molecule has 0 aromatic heterocycles. The summed E-state index contributed by atoms with van der Waals surface area (Å²) in [7, 11) is 1.72. The Morgan fingerprint density at radius 2 is 1.85 bits per heavy atom. The maximum Gasteiger partial charge on any atom is 0.222 e. The highest BCUT2D eigenvalue weighted by atomic mass is 19.1. The average molecular weight is 466 g/mol. The molecule has 5 nitrogen and oxygen atoms in total. The molecule has 5 rings (SSSR count). The van der Waals surface area contributed by atoms with Crippen molar-refractivity contribution in [1.82, 2.24) is 9.80 Å². The summed E-state index contributed by atoms with van der Waals surface area (Å²) in [6.07, 6.45) is 6.06. The molecule has 3 aliphatic heterocycles. The first-order valence-corrected chi connectivity index (χ1v) is 12.8. The van der Waals surface area contributed by atoms with Crippen molar-refractivity contribution >= 4 is 17.3 Å². The highest BCUT2D eigenvalue weighted by molar-refractivity contribution is 5.77. The number of anilines is 2. The smallest absolute Gasteiger partial charge is 0.222 e. The molecule has 6 heteroatoms. The van der Waals surface area contributed by atoms with E-state index in [-0.39, 0.29) is 11.7 Å². The number of hydrogen-bond acceptors (Lipinski definition) is 4. The van der Waals surface area contributed by atoms with Crippen molar-refractivity contribution < 1.29 is 13.9 Å². The van der Waals surface area contributed by atoms with Crippen molar-refractivity contribution in [3.05, 3.63) is 53.3 Å². The predicted octanol–water partition coefficient (Wildman–Crippen LogP) is 5.25. The van der Waals surface area contributed by atoms with Crippen LogP contribution in [0.2, 0.25) is 0 Å². The van der Waals surface area contributed by atoms with E-state index in [1.54, 1.807) is 19.2 Å². The van der Waals surface area contributed by atoms with E-state index in [1.807, 2.05) is 11.0 Å². The maximum atomic E-state index is 14.3. The highest BCUT2D eigenvalue weighted by Gasteiger charge is 2.43. The number of fused-ring (bicyclic) bond motifs is 3. The molecule has 3 heterocycles. The molecular formula is C28H36FN3O2. The largest absolute Gasteiger partial charge is 0.495 e. The number of amides is 1. The third kappa shape index (κ3) is 4.52. The van der Waals surface area contributed by atoms with Crippen molar-refractivity contribution in [2.75, 3.05) is 44.7 Å². The number of rotatable bonds is 7. The van der Waals surface area contributed by atoms with Gasteiger partial charge in [-0.1, -0.05) is 6.07 Å². The van der Waals surface area contributed by atoms with Crippen molar-refractivity contribution in [1.29, 1.82) is 0 Å². The Balaban J connectivity index is 1.28. The van der Waals surface area contributed by atoms with Crippen LogP contribution in [0.5, 0.6) is 5.75 Å². The molecule has 0 N–H and O–H groups in total. The van der Waals surface area contributed by atoms with E-state index < -0.39 is 0 Å². The Labute approximate surface area is 202 Å². The van der Waals surface area contributed by atoms with Crippen LogP contribution in [-0.4, -0.2) is 61.6 Å². The fourth-order valence-corrected chi connectivity index (χ4v) is 6.07. The monoisotopic (exact) mass is 465 g/mol. The van der Waals surface area contributed by atoms with Gasteiger partial charge in [-0.15, -0.1) is 0 Å². The number of benzene rings is 2. The fourth-order valence-electron chi connectivity index (χ4n) is 6.07. The molecule has 2 saturated heterocycles. The van der Waals surface area contributed by atoms with Gasteiger partial charge in [0.05, 0.1) is 12.8 Å². The normalized spacial score (nSPS) is 22.6. The summed E-state index contributed by atoms with van der Waals surface area (Å²) in [4.78, 5) is 19.0. The molecule has 0 radical (unpaired) electrons. The zero-order valence-electron chi connectivity index (χ0n) is 20.4. The van der Waals surface area contributed by atoms with Crippen LogP contribution >= 0.6 is 0 Å². The molecule has 0 bridgehead atoms. The summed E-state index contributed by atoms with van der Waals surface area (Å²) in [5.74, 6) is 1.29. The van der Waals surface area contributed by atoms with Crippen LogP contribution in [-0.2, 0) is 4.79 Å². The standard InChI is InChI=1S/C28H36FN3O2/c1-20-8-10-26(27(17-20)34-2)32-24-11-9-21(29)18-22(24)23-19-30(16-12-25(23)32)13-5-6-15-31-14-4-3-7-28(31)33/h8-11,17-18,23,25H,3-7,12-16,19H2,1-2H3. The number of piperidine rings is 2. The van der Waals surface area contributed by atoms with Gasteiger partial charge in [0.25, 0.3) is 0 Å². The number of likely N-dealkylation sites (tertiary alicyclic amines) is 2. The van der Waals surface area contributed by atoms with E-state index in [0.717, 1.165) is 93.1 Å². The lowest BCUT2D eigenvalue weighted by molar-refractivity contribution is -0.133. The van der Waals surface area contributed by atoms with E-state index in [2.05, 4.69) is 34.9 Å². The number of methoxy groups -OCH3 is 1. The van der Waals surface area contributed by atoms with Gasteiger partial charge in [-0.25, -0.2) is 4.39 Å². The zero-order chi connectivity index (χ0) is 23.7. The Hall–Kier alpha value is -2.60. The van der Waals surface area contributed by atoms with E-state index in [0.29, 0.717) is 18.4 Å². The molecule has 0 spiro atoms. The van der Waals surface area contributed by atoms with Gasteiger partial charge in [-0.05, 0) is 87.0 Å². The van der Waals surface area contributed by atoms with Gasteiger partial charge in [-0.3, -0.25) is 4.79 Å². The van der Waals surface area contributed by atoms with Crippen LogP contribution in [0.25, 0.3) is 0 Å². The second-order valence-corrected chi connectivity index (χ2v) is 10.1. The predicted molar refractivity (Wildman–Crippen MR) is 134 cm³/mol. The third-order valence-corrected chi connectivity index (χ3v) is 7.81.